The number of aliphatic hydroxyl groups is 2. The van der Waals surface area contributed by atoms with Crippen molar-refractivity contribution in [1.82, 2.24) is 9.80 Å². The Kier molecular flexibility index (Phi) is 7.23. The minimum absolute atomic E-state index is 0.0562. The number of hydrogen-bond acceptors (Lipinski definition) is 5. The molecule has 4 atom stereocenters. The Balaban J connectivity index is 2.84. The Morgan fingerprint density at radius 2 is 1.83 bits per heavy atom. The van der Waals surface area contributed by atoms with E-state index < -0.39 is 29.6 Å². The highest BCUT2D eigenvalue weighted by Gasteiger charge is 2.39. The van der Waals surface area contributed by atoms with Crippen LogP contribution in [0.2, 0.25) is 0 Å². The van der Waals surface area contributed by atoms with Crippen LogP contribution in [-0.4, -0.2) is 77.8 Å². The van der Waals surface area contributed by atoms with Gasteiger partial charge in [-0.1, -0.05) is 6.92 Å². The number of carbonyl (C=O) groups is 2. The van der Waals surface area contributed by atoms with Gasteiger partial charge >= 0.3 is 0 Å². The second-order valence-electron chi connectivity index (χ2n) is 6.75. The summed E-state index contributed by atoms with van der Waals surface area (Å²) in [4.78, 5) is 26.6. The molecule has 0 spiro atoms. The van der Waals surface area contributed by atoms with Crippen LogP contribution in [-0.2, 0) is 14.3 Å². The van der Waals surface area contributed by atoms with E-state index >= 15 is 0 Å². The molecule has 138 valence electrons. The van der Waals surface area contributed by atoms with Crippen molar-refractivity contribution >= 4 is 11.8 Å². The molecule has 1 fully saturated rings. The monoisotopic (exact) mass is 342 g/mol. The summed E-state index contributed by atoms with van der Waals surface area (Å²) in [5.74, 6) is -1.16. The largest absolute Gasteiger partial charge is 0.485 e. The summed E-state index contributed by atoms with van der Waals surface area (Å²) in [6.07, 6.45) is 3.30. The number of carbonyl (C=O) groups excluding carboxylic acids is 2. The fraction of sp³-hybridized carbons (Fsp3) is 0.765. The van der Waals surface area contributed by atoms with Gasteiger partial charge in [-0.05, 0) is 31.8 Å². The highest BCUT2D eigenvalue weighted by atomic mass is 16.5. The van der Waals surface area contributed by atoms with Crippen molar-refractivity contribution in [3.05, 3.63) is 12.3 Å². The van der Waals surface area contributed by atoms with Gasteiger partial charge in [-0.15, -0.1) is 0 Å². The van der Waals surface area contributed by atoms with E-state index in [1.165, 1.54) is 44.3 Å². The summed E-state index contributed by atoms with van der Waals surface area (Å²) in [7, 11) is 6.06. The van der Waals surface area contributed by atoms with Gasteiger partial charge in [0.1, 0.15) is 0 Å². The van der Waals surface area contributed by atoms with Crippen LogP contribution in [0, 0.1) is 5.92 Å². The van der Waals surface area contributed by atoms with E-state index in [2.05, 4.69) is 0 Å². The Morgan fingerprint density at radius 3 is 2.33 bits per heavy atom. The smallest absolute Gasteiger partial charge is 0.266 e. The molecule has 0 aromatic carbocycles. The standard InChI is InChI=1S/C17H30N2O5/c1-6-17(23)10-7-8-12(17)9-11-24-14(16(22)19(4)5)13(20)15(21)18(2)3/h9,11-14,20,23H,6-8,10H2,1-5H3/b11-9+/t12-,13+,14+,17-/m0/s1. The number of ether oxygens (including phenoxy) is 1. The highest BCUT2D eigenvalue weighted by molar-refractivity contribution is 5.90. The predicted molar refractivity (Wildman–Crippen MR) is 90.0 cm³/mol. The van der Waals surface area contributed by atoms with E-state index in [1.54, 1.807) is 6.08 Å². The van der Waals surface area contributed by atoms with Crippen molar-refractivity contribution in [2.75, 3.05) is 28.2 Å². The zero-order valence-electron chi connectivity index (χ0n) is 15.2. The topological polar surface area (TPSA) is 90.3 Å². The van der Waals surface area contributed by atoms with Crippen molar-refractivity contribution in [2.24, 2.45) is 5.92 Å². The normalized spacial score (nSPS) is 26.2. The molecule has 0 radical (unpaired) electrons. The first-order valence-corrected chi connectivity index (χ1v) is 8.29. The van der Waals surface area contributed by atoms with Gasteiger partial charge in [0.2, 0.25) is 6.10 Å². The zero-order valence-corrected chi connectivity index (χ0v) is 15.2. The Labute approximate surface area is 143 Å². The summed E-state index contributed by atoms with van der Waals surface area (Å²) in [5, 5.41) is 20.7. The van der Waals surface area contributed by atoms with Gasteiger partial charge in [0, 0.05) is 34.1 Å². The second kappa shape index (κ2) is 8.48. The molecule has 2 N–H and O–H groups in total. The van der Waals surface area contributed by atoms with E-state index in [0.29, 0.717) is 6.42 Å². The predicted octanol–water partition coefficient (Wildman–Crippen LogP) is 0.364. The third-order valence-corrected chi connectivity index (χ3v) is 4.63. The molecule has 0 aromatic rings. The number of amides is 2. The lowest BCUT2D eigenvalue weighted by molar-refractivity contribution is -0.155. The van der Waals surface area contributed by atoms with E-state index in [1.807, 2.05) is 6.92 Å². The number of likely N-dealkylation sites (N-methyl/N-ethyl adjacent to an activating group) is 2. The molecule has 1 saturated carbocycles. The third-order valence-electron chi connectivity index (χ3n) is 4.63. The van der Waals surface area contributed by atoms with Crippen molar-refractivity contribution in [3.8, 4) is 0 Å². The van der Waals surface area contributed by atoms with Crippen LogP contribution in [0.25, 0.3) is 0 Å². The van der Waals surface area contributed by atoms with Gasteiger partial charge in [-0.3, -0.25) is 9.59 Å². The van der Waals surface area contributed by atoms with Crippen LogP contribution in [0.5, 0.6) is 0 Å². The lowest BCUT2D eigenvalue weighted by Crippen LogP contribution is -2.49. The minimum atomic E-state index is -1.59. The lowest BCUT2D eigenvalue weighted by atomic mass is 9.88. The van der Waals surface area contributed by atoms with Crippen molar-refractivity contribution in [2.45, 2.75) is 50.4 Å². The molecule has 2 amide bonds. The Bertz CT molecular complexity index is 478. The summed E-state index contributed by atoms with van der Waals surface area (Å²) < 4.78 is 5.42. The third kappa shape index (κ3) is 4.70. The number of hydrogen-bond donors (Lipinski definition) is 2. The highest BCUT2D eigenvalue weighted by Crippen LogP contribution is 2.38. The van der Waals surface area contributed by atoms with Crippen molar-refractivity contribution < 1.29 is 24.5 Å². The molecule has 7 nitrogen and oxygen atoms in total. The summed E-state index contributed by atoms with van der Waals surface area (Å²) in [6.45, 7) is 1.94. The molecule has 0 heterocycles. The minimum Gasteiger partial charge on any atom is -0.485 e. The summed E-state index contributed by atoms with van der Waals surface area (Å²) in [6, 6.07) is 0. The quantitative estimate of drug-likeness (QED) is 0.652. The zero-order chi connectivity index (χ0) is 18.5. The molecule has 0 saturated heterocycles. The number of rotatable bonds is 7. The Morgan fingerprint density at radius 1 is 1.25 bits per heavy atom. The molecule has 0 bridgehead atoms. The first kappa shape index (κ1) is 20.4. The van der Waals surface area contributed by atoms with Gasteiger partial charge in [0.05, 0.1) is 11.9 Å². The van der Waals surface area contributed by atoms with Crippen LogP contribution in [0.1, 0.15) is 32.6 Å². The second-order valence-corrected chi connectivity index (χ2v) is 6.75. The fourth-order valence-corrected chi connectivity index (χ4v) is 2.94. The average molecular weight is 342 g/mol. The maximum absolute atomic E-state index is 12.2. The lowest BCUT2D eigenvalue weighted by Gasteiger charge is -2.27. The van der Waals surface area contributed by atoms with Gasteiger partial charge in [-0.2, -0.15) is 0 Å². The molecule has 0 aromatic heterocycles. The van der Waals surface area contributed by atoms with Crippen LogP contribution < -0.4 is 0 Å². The van der Waals surface area contributed by atoms with Crippen LogP contribution in [0.3, 0.4) is 0 Å². The first-order valence-electron chi connectivity index (χ1n) is 8.29. The van der Waals surface area contributed by atoms with Crippen LogP contribution in [0.4, 0.5) is 0 Å². The molecule has 7 heteroatoms. The maximum Gasteiger partial charge on any atom is 0.266 e. The van der Waals surface area contributed by atoms with Gasteiger partial charge < -0.3 is 24.7 Å². The molecule has 0 aliphatic heterocycles. The van der Waals surface area contributed by atoms with Crippen LogP contribution in [0.15, 0.2) is 12.3 Å². The summed E-state index contributed by atoms with van der Waals surface area (Å²) in [5.41, 5.74) is -0.751. The van der Waals surface area contributed by atoms with E-state index in [-0.39, 0.29) is 5.92 Å². The van der Waals surface area contributed by atoms with Gasteiger partial charge in [0.25, 0.3) is 11.8 Å². The van der Waals surface area contributed by atoms with Gasteiger partial charge in [0.15, 0.2) is 6.10 Å². The summed E-state index contributed by atoms with van der Waals surface area (Å²) >= 11 is 0. The molecule has 1 aliphatic rings. The average Bonchev–Trinajstić information content (AvgIpc) is 2.91. The van der Waals surface area contributed by atoms with Crippen molar-refractivity contribution in [3.63, 3.8) is 0 Å². The van der Waals surface area contributed by atoms with E-state index in [4.69, 9.17) is 4.74 Å². The number of aliphatic hydroxyl groups excluding tert-OH is 1. The molecule has 0 unspecified atom stereocenters. The van der Waals surface area contributed by atoms with Crippen LogP contribution >= 0.6 is 0 Å². The molecular formula is C17H30N2O5. The fourth-order valence-electron chi connectivity index (χ4n) is 2.94. The molecular weight excluding hydrogens is 312 g/mol. The van der Waals surface area contributed by atoms with Crippen molar-refractivity contribution in [1.29, 1.82) is 0 Å². The maximum atomic E-state index is 12.2. The molecule has 24 heavy (non-hydrogen) atoms. The van der Waals surface area contributed by atoms with E-state index in [0.717, 1.165) is 19.3 Å². The van der Waals surface area contributed by atoms with E-state index in [9.17, 15) is 19.8 Å². The molecule has 1 rings (SSSR count). The SMILES string of the molecule is CC[C@]1(O)CCC[C@H]1/C=C/O[C@@H](C(=O)N(C)C)[C@@H](O)C(=O)N(C)C. The molecule has 1 aliphatic carbocycles. The number of nitrogens with zero attached hydrogens (tertiary/aromatic N) is 2. The Hall–Kier alpha value is -1.60. The van der Waals surface area contributed by atoms with Gasteiger partial charge in [-0.25, -0.2) is 0 Å². The first-order chi connectivity index (χ1) is 11.1.